The molecule has 14 heavy (non-hydrogen) atoms. The molecule has 0 aromatic carbocycles. The Morgan fingerprint density at radius 2 is 1.50 bits per heavy atom. The summed E-state index contributed by atoms with van der Waals surface area (Å²) in [5.41, 5.74) is 0. The van der Waals surface area contributed by atoms with Crippen LogP contribution in [0.2, 0.25) is 0 Å². The highest BCUT2D eigenvalue weighted by atomic mass is 16.5. The third-order valence-electron chi connectivity index (χ3n) is 2.33. The van der Waals surface area contributed by atoms with Crippen LogP contribution in [0.25, 0.3) is 0 Å². The molecule has 84 valence electrons. The molecule has 0 aliphatic heterocycles. The lowest BCUT2D eigenvalue weighted by atomic mass is 10.1. The Kier molecular flexibility index (Phi) is 12.3. The Bertz CT molecular complexity index is 113. The SMILES string of the molecule is CCCCCCCCCCOCC=O. The summed E-state index contributed by atoms with van der Waals surface area (Å²) in [6.45, 7) is 3.24. The highest BCUT2D eigenvalue weighted by molar-refractivity contribution is 5.50. The third-order valence-corrected chi connectivity index (χ3v) is 2.33. The summed E-state index contributed by atoms with van der Waals surface area (Å²) in [5, 5.41) is 0. The summed E-state index contributed by atoms with van der Waals surface area (Å²) in [5.74, 6) is 0. The number of ether oxygens (including phenoxy) is 1. The van der Waals surface area contributed by atoms with Gasteiger partial charge in [-0.3, -0.25) is 0 Å². The fourth-order valence-electron chi connectivity index (χ4n) is 1.47. The van der Waals surface area contributed by atoms with Gasteiger partial charge in [0, 0.05) is 6.61 Å². The lowest BCUT2D eigenvalue weighted by Gasteiger charge is -2.01. The van der Waals surface area contributed by atoms with Gasteiger partial charge in [0.2, 0.25) is 0 Å². The quantitative estimate of drug-likeness (QED) is 0.377. The number of unbranched alkanes of at least 4 members (excludes halogenated alkanes) is 7. The molecule has 0 rings (SSSR count). The number of carbonyl (C=O) groups is 1. The molecule has 0 aromatic heterocycles. The molecule has 2 heteroatoms. The van der Waals surface area contributed by atoms with E-state index in [4.69, 9.17) is 4.74 Å². The van der Waals surface area contributed by atoms with E-state index in [1.807, 2.05) is 0 Å². The van der Waals surface area contributed by atoms with E-state index in [1.54, 1.807) is 0 Å². The number of aldehydes is 1. The predicted octanol–water partition coefficient (Wildman–Crippen LogP) is 3.34. The molecule has 0 aliphatic rings. The van der Waals surface area contributed by atoms with Gasteiger partial charge in [-0.05, 0) is 6.42 Å². The van der Waals surface area contributed by atoms with Crippen molar-refractivity contribution < 1.29 is 9.53 Å². The first-order valence-electron chi connectivity index (χ1n) is 5.93. The smallest absolute Gasteiger partial charge is 0.145 e. The lowest BCUT2D eigenvalue weighted by molar-refractivity contribution is -0.111. The molecule has 0 atom stereocenters. The molecule has 0 radical (unpaired) electrons. The van der Waals surface area contributed by atoms with Gasteiger partial charge in [-0.1, -0.05) is 51.9 Å². The van der Waals surface area contributed by atoms with Gasteiger partial charge >= 0.3 is 0 Å². The van der Waals surface area contributed by atoms with Gasteiger partial charge in [0.05, 0.1) is 0 Å². The minimum absolute atomic E-state index is 0.260. The number of carbonyl (C=O) groups excluding carboxylic acids is 1. The van der Waals surface area contributed by atoms with E-state index in [9.17, 15) is 4.79 Å². The average molecular weight is 200 g/mol. The van der Waals surface area contributed by atoms with Crippen molar-refractivity contribution in [1.29, 1.82) is 0 Å². The van der Waals surface area contributed by atoms with Gasteiger partial charge < -0.3 is 9.53 Å². The number of hydrogen-bond donors (Lipinski definition) is 0. The van der Waals surface area contributed by atoms with Crippen LogP contribution in [0.5, 0.6) is 0 Å². The maximum atomic E-state index is 9.92. The maximum Gasteiger partial charge on any atom is 0.145 e. The fraction of sp³-hybridized carbons (Fsp3) is 0.917. The van der Waals surface area contributed by atoms with E-state index in [1.165, 1.54) is 44.9 Å². The fourth-order valence-corrected chi connectivity index (χ4v) is 1.47. The molecule has 0 aliphatic carbocycles. The van der Waals surface area contributed by atoms with Crippen LogP contribution in [0.4, 0.5) is 0 Å². The second-order valence-electron chi connectivity index (χ2n) is 3.72. The first-order chi connectivity index (χ1) is 6.91. The molecule has 0 fully saturated rings. The van der Waals surface area contributed by atoms with Crippen molar-refractivity contribution in [2.75, 3.05) is 13.2 Å². The Balaban J connectivity index is 2.81. The molecule has 0 amide bonds. The summed E-state index contributed by atoms with van der Waals surface area (Å²) in [7, 11) is 0. The standard InChI is InChI=1S/C12H24O2/c1-2-3-4-5-6-7-8-9-11-14-12-10-13/h10H,2-9,11-12H2,1H3. The Morgan fingerprint density at radius 3 is 2.07 bits per heavy atom. The van der Waals surface area contributed by atoms with Crippen molar-refractivity contribution in [3.05, 3.63) is 0 Å². The van der Waals surface area contributed by atoms with Crippen molar-refractivity contribution >= 4 is 6.29 Å². The van der Waals surface area contributed by atoms with E-state index in [2.05, 4.69) is 6.92 Å². The van der Waals surface area contributed by atoms with Crippen LogP contribution in [-0.4, -0.2) is 19.5 Å². The Hall–Kier alpha value is -0.370. The second-order valence-corrected chi connectivity index (χ2v) is 3.72. The first-order valence-corrected chi connectivity index (χ1v) is 5.93. The van der Waals surface area contributed by atoms with E-state index in [0.29, 0.717) is 0 Å². The molecular weight excluding hydrogens is 176 g/mol. The molecule has 0 bridgehead atoms. The van der Waals surface area contributed by atoms with Gasteiger partial charge in [0.1, 0.15) is 12.9 Å². The molecule has 0 saturated heterocycles. The van der Waals surface area contributed by atoms with E-state index < -0.39 is 0 Å². The van der Waals surface area contributed by atoms with Crippen LogP contribution in [0.15, 0.2) is 0 Å². The highest BCUT2D eigenvalue weighted by Crippen LogP contribution is 2.08. The van der Waals surface area contributed by atoms with Crippen molar-refractivity contribution in [3.63, 3.8) is 0 Å². The normalized spacial score (nSPS) is 10.4. The largest absolute Gasteiger partial charge is 0.374 e. The monoisotopic (exact) mass is 200 g/mol. The number of hydrogen-bond acceptors (Lipinski definition) is 2. The Labute approximate surface area is 88.0 Å². The van der Waals surface area contributed by atoms with Gasteiger partial charge in [0.25, 0.3) is 0 Å². The zero-order chi connectivity index (χ0) is 10.5. The zero-order valence-electron chi connectivity index (χ0n) is 9.46. The minimum atomic E-state index is 0.260. The molecule has 0 heterocycles. The molecule has 0 spiro atoms. The number of rotatable bonds is 11. The molecule has 0 N–H and O–H groups in total. The molecule has 0 aromatic rings. The summed E-state index contributed by atoms with van der Waals surface area (Å²) in [6, 6.07) is 0. The van der Waals surface area contributed by atoms with Crippen LogP contribution < -0.4 is 0 Å². The summed E-state index contributed by atoms with van der Waals surface area (Å²) < 4.78 is 5.06. The van der Waals surface area contributed by atoms with Crippen LogP contribution in [-0.2, 0) is 9.53 Å². The molecular formula is C12H24O2. The van der Waals surface area contributed by atoms with Gasteiger partial charge in [-0.2, -0.15) is 0 Å². The van der Waals surface area contributed by atoms with Crippen molar-refractivity contribution in [3.8, 4) is 0 Å². The summed E-state index contributed by atoms with van der Waals surface area (Å²) in [6.07, 6.45) is 11.3. The second kappa shape index (κ2) is 12.6. The average Bonchev–Trinajstić information content (AvgIpc) is 2.21. The van der Waals surface area contributed by atoms with Crippen LogP contribution in [0.3, 0.4) is 0 Å². The zero-order valence-corrected chi connectivity index (χ0v) is 9.46. The Morgan fingerprint density at radius 1 is 0.929 bits per heavy atom. The first kappa shape index (κ1) is 13.6. The van der Waals surface area contributed by atoms with E-state index >= 15 is 0 Å². The highest BCUT2D eigenvalue weighted by Gasteiger charge is 1.91. The van der Waals surface area contributed by atoms with E-state index in [-0.39, 0.29) is 6.61 Å². The third kappa shape index (κ3) is 11.6. The van der Waals surface area contributed by atoms with Gasteiger partial charge in [-0.25, -0.2) is 0 Å². The van der Waals surface area contributed by atoms with Crippen molar-refractivity contribution in [2.24, 2.45) is 0 Å². The van der Waals surface area contributed by atoms with Crippen molar-refractivity contribution in [1.82, 2.24) is 0 Å². The molecule has 2 nitrogen and oxygen atoms in total. The summed E-state index contributed by atoms with van der Waals surface area (Å²) in [4.78, 5) is 9.92. The minimum Gasteiger partial charge on any atom is -0.374 e. The van der Waals surface area contributed by atoms with Gasteiger partial charge in [0.15, 0.2) is 0 Å². The van der Waals surface area contributed by atoms with Crippen LogP contribution in [0, 0.1) is 0 Å². The van der Waals surface area contributed by atoms with Crippen molar-refractivity contribution in [2.45, 2.75) is 58.3 Å². The van der Waals surface area contributed by atoms with Crippen LogP contribution in [0.1, 0.15) is 58.3 Å². The molecule has 0 saturated carbocycles. The van der Waals surface area contributed by atoms with Gasteiger partial charge in [-0.15, -0.1) is 0 Å². The van der Waals surface area contributed by atoms with E-state index in [0.717, 1.165) is 19.3 Å². The maximum absolute atomic E-state index is 9.92. The topological polar surface area (TPSA) is 26.3 Å². The molecule has 0 unspecified atom stereocenters. The lowest BCUT2D eigenvalue weighted by Crippen LogP contribution is -1.97. The summed E-state index contributed by atoms with van der Waals surface area (Å²) >= 11 is 0. The van der Waals surface area contributed by atoms with Crippen LogP contribution >= 0.6 is 0 Å². The predicted molar refractivity (Wildman–Crippen MR) is 59.5 cm³/mol.